The van der Waals surface area contributed by atoms with E-state index in [1.54, 1.807) is 26.0 Å². The van der Waals surface area contributed by atoms with Gasteiger partial charge >= 0.3 is 11.9 Å². The zero-order valence-electron chi connectivity index (χ0n) is 36.9. The molecule has 7 rings (SSSR count). The second-order valence-corrected chi connectivity index (χ2v) is 18.6. The Morgan fingerprint density at radius 1 is 0.726 bits per heavy atom. The van der Waals surface area contributed by atoms with E-state index in [0.717, 1.165) is 111 Å². The van der Waals surface area contributed by atoms with E-state index in [0.29, 0.717) is 12.0 Å². The van der Waals surface area contributed by atoms with Crippen LogP contribution in [0.3, 0.4) is 0 Å². The van der Waals surface area contributed by atoms with Crippen molar-refractivity contribution in [2.75, 3.05) is 46.8 Å². The number of carboxylic acids is 1. The van der Waals surface area contributed by atoms with E-state index in [9.17, 15) is 30.0 Å². The summed E-state index contributed by atoms with van der Waals surface area (Å²) in [6, 6.07) is 36.6. The number of piperidine rings is 1. The Morgan fingerprint density at radius 2 is 1.23 bits per heavy atom. The minimum atomic E-state index is -1.50. The number of nitrogens with zero attached hydrogens (tertiary/aromatic N) is 2. The Balaban J connectivity index is 0.000000291. The van der Waals surface area contributed by atoms with Crippen LogP contribution in [0.5, 0.6) is 0 Å². The number of ether oxygens (including phenoxy) is 1. The van der Waals surface area contributed by atoms with Crippen LogP contribution >= 0.6 is 12.4 Å². The quantitative estimate of drug-likeness (QED) is 0.0981. The van der Waals surface area contributed by atoms with Crippen LogP contribution in [0.15, 0.2) is 115 Å². The summed E-state index contributed by atoms with van der Waals surface area (Å²) in [5.41, 5.74) is 0.640. The van der Waals surface area contributed by atoms with E-state index in [-0.39, 0.29) is 47.3 Å². The molecule has 3 aliphatic rings. The highest BCUT2D eigenvalue weighted by Crippen LogP contribution is 2.43. The number of aliphatic carboxylic acids is 1. The number of carbonyl (C=O) groups is 2. The molecule has 1 aliphatic carbocycles. The molecule has 3 unspecified atom stereocenters. The predicted molar refractivity (Wildman–Crippen MR) is 242 cm³/mol. The third kappa shape index (κ3) is 11.9. The average Bonchev–Trinajstić information content (AvgIpc) is 3.94. The Hall–Kier alpha value is -3.61. The van der Waals surface area contributed by atoms with Gasteiger partial charge in [0.2, 0.25) is 0 Å². The summed E-state index contributed by atoms with van der Waals surface area (Å²) in [6.07, 6.45) is 7.45. The van der Waals surface area contributed by atoms with Crippen molar-refractivity contribution in [2.24, 2.45) is 11.8 Å². The van der Waals surface area contributed by atoms with Crippen LogP contribution in [0.2, 0.25) is 0 Å². The maximum absolute atomic E-state index is 12.9. The van der Waals surface area contributed by atoms with Crippen LogP contribution in [0.25, 0.3) is 0 Å². The molecular weight excluding hydrogens is 868 g/mol. The monoisotopic (exact) mass is 934 g/mol. The molecule has 3 fully saturated rings. The minimum absolute atomic E-state index is 0. The van der Waals surface area contributed by atoms with Gasteiger partial charge in [0.25, 0.3) is 0 Å². The van der Waals surface area contributed by atoms with Gasteiger partial charge in [-0.1, -0.05) is 128 Å². The summed E-state index contributed by atoms with van der Waals surface area (Å²) in [7, 11) is 4.29. The van der Waals surface area contributed by atoms with Crippen molar-refractivity contribution >= 4 is 24.3 Å². The molecule has 4 aromatic rings. The zero-order valence-corrected chi connectivity index (χ0v) is 39.3. The molecule has 1 saturated carbocycles. The molecule has 62 heavy (non-hydrogen) atoms. The number of quaternary nitrogens is 1. The molecule has 0 spiro atoms. The number of hydrogen-bond donors (Lipinski definition) is 4. The second kappa shape index (κ2) is 22.3. The fourth-order valence-corrected chi connectivity index (χ4v) is 9.64. The van der Waals surface area contributed by atoms with Crippen molar-refractivity contribution in [2.45, 2.75) is 100 Å². The number of likely N-dealkylation sites (tertiary alicyclic amines) is 2. The van der Waals surface area contributed by atoms with Crippen molar-refractivity contribution in [3.8, 4) is 0 Å². The fraction of sp³-hybridized carbons (Fsp3) is 0.490. The number of hydrogen-bond acceptors (Lipinski definition) is 7. The third-order valence-electron chi connectivity index (χ3n) is 13.6. The lowest BCUT2D eigenvalue weighted by atomic mass is 9.72. The van der Waals surface area contributed by atoms with Crippen molar-refractivity contribution in [1.29, 1.82) is 0 Å². The van der Waals surface area contributed by atoms with Crippen LogP contribution in [0, 0.1) is 11.8 Å². The molecule has 4 N–H and O–H groups in total. The second-order valence-electron chi connectivity index (χ2n) is 18.6. The van der Waals surface area contributed by atoms with E-state index in [1.165, 1.54) is 0 Å². The van der Waals surface area contributed by atoms with Crippen LogP contribution in [-0.2, 0) is 30.9 Å². The van der Waals surface area contributed by atoms with Gasteiger partial charge in [-0.25, -0.2) is 4.79 Å². The van der Waals surface area contributed by atoms with Crippen molar-refractivity contribution < 1.29 is 56.2 Å². The molecule has 9 nitrogen and oxygen atoms in total. The number of rotatable bonds is 14. The maximum atomic E-state index is 12.9. The lowest BCUT2D eigenvalue weighted by Gasteiger charge is -2.42. The van der Waals surface area contributed by atoms with Gasteiger partial charge in [0.15, 0.2) is 11.7 Å². The number of carboxylic acid groups (broad SMARTS) is 1. The molecule has 2 aliphatic heterocycles. The highest BCUT2D eigenvalue weighted by atomic mass is 79.9. The summed E-state index contributed by atoms with van der Waals surface area (Å²) < 4.78 is 6.64. The number of carbonyl (C=O) groups excluding carboxylic acids is 1. The Morgan fingerprint density at radius 3 is 1.69 bits per heavy atom. The Labute approximate surface area is 385 Å². The van der Waals surface area contributed by atoms with Gasteiger partial charge in [0.05, 0.1) is 32.2 Å². The van der Waals surface area contributed by atoms with E-state index in [2.05, 4.69) is 19.0 Å². The first kappa shape index (κ1) is 51.0. The van der Waals surface area contributed by atoms with E-state index >= 15 is 0 Å². The van der Waals surface area contributed by atoms with Gasteiger partial charge in [-0.3, -0.25) is 4.79 Å². The molecule has 2 saturated heterocycles. The molecule has 11 heteroatoms. The van der Waals surface area contributed by atoms with Crippen molar-refractivity contribution in [1.82, 2.24) is 4.90 Å². The van der Waals surface area contributed by atoms with Gasteiger partial charge in [-0.05, 0) is 106 Å². The third-order valence-corrected chi connectivity index (χ3v) is 13.6. The van der Waals surface area contributed by atoms with E-state index in [1.807, 2.05) is 103 Å². The number of benzene rings is 4. The average molecular weight is 936 g/mol. The van der Waals surface area contributed by atoms with Crippen LogP contribution in [-0.4, -0.2) is 94.7 Å². The molecule has 338 valence electrons. The maximum Gasteiger partial charge on any atom is 0.343 e. The van der Waals surface area contributed by atoms with Crippen LogP contribution in [0.1, 0.15) is 106 Å². The number of aliphatic hydroxyl groups excluding tert-OH is 1. The fourth-order valence-electron chi connectivity index (χ4n) is 9.64. The van der Waals surface area contributed by atoms with Crippen molar-refractivity contribution in [3.05, 3.63) is 143 Å². The largest absolute Gasteiger partial charge is 1.00 e. The molecule has 4 aromatic carbocycles. The lowest BCUT2D eigenvalue weighted by Crippen LogP contribution is -3.00. The van der Waals surface area contributed by atoms with Gasteiger partial charge < -0.3 is 51.5 Å². The Kier molecular flexibility index (Phi) is 18.4. The molecule has 3 atom stereocenters. The summed E-state index contributed by atoms with van der Waals surface area (Å²) in [6.45, 7) is 7.94. The van der Waals surface area contributed by atoms with Gasteiger partial charge in [0, 0.05) is 12.3 Å². The molecule has 0 radical (unpaired) electrons. The molecule has 0 bridgehead atoms. The van der Waals surface area contributed by atoms with Gasteiger partial charge in [-0.15, -0.1) is 12.4 Å². The standard InChI is InChI=1S/C32H39NO4.C19H28NO3.BrH.ClH/c1-31(2,30(35)36)25-17-15-24(16-18-25)29(34)14-9-21-33-22-19-28(20-23-33)32(37,26-10-5-3-6-11-26)27-12-7-4-8-13-27;1-20(2)13-12-17(14-20)23-18(21)19(22,16-10-6-7-11-16)15-8-4-3-5-9-15;;/h3-8,10-13,15-18,28-29,34,37H,9,14,19-23H2,1-2H3,(H,35,36);3-5,8-9,16-17,22H,6-7,10-14H2,1-2H3;2*1H/q;+1;;/p-1. The number of esters is 1. The highest BCUT2D eigenvalue weighted by molar-refractivity contribution is 5.85. The summed E-state index contributed by atoms with van der Waals surface area (Å²) in [5.74, 6) is -1.23. The molecule has 0 amide bonds. The highest BCUT2D eigenvalue weighted by Gasteiger charge is 2.49. The first-order valence-electron chi connectivity index (χ1n) is 22.0. The topological polar surface area (TPSA) is 128 Å². The lowest BCUT2D eigenvalue weighted by molar-refractivity contribution is -0.879. The smallest absolute Gasteiger partial charge is 0.343 e. The van der Waals surface area contributed by atoms with E-state index < -0.39 is 34.7 Å². The van der Waals surface area contributed by atoms with Crippen LogP contribution in [0.4, 0.5) is 0 Å². The molecular formula is C51H68BrClN2O7. The molecule has 2 heterocycles. The van der Waals surface area contributed by atoms with Gasteiger partial charge in [-0.2, -0.15) is 0 Å². The summed E-state index contributed by atoms with van der Waals surface area (Å²) >= 11 is 0. The number of halogens is 2. The van der Waals surface area contributed by atoms with Crippen molar-refractivity contribution in [3.63, 3.8) is 0 Å². The van der Waals surface area contributed by atoms with Gasteiger partial charge in [0.1, 0.15) is 12.1 Å². The number of aliphatic hydroxyl groups is 3. The first-order chi connectivity index (χ1) is 28.6. The normalized spacial score (nSPS) is 19.8. The zero-order chi connectivity index (χ0) is 43.0. The number of likely N-dealkylation sites (N-methyl/N-ethyl adjacent to an activating group) is 1. The van der Waals surface area contributed by atoms with E-state index in [4.69, 9.17) is 4.74 Å². The van der Waals surface area contributed by atoms with Crippen LogP contribution < -0.4 is 17.0 Å². The minimum Gasteiger partial charge on any atom is -1.00 e. The SMILES string of the molecule is CC(C)(C(=O)O)c1ccc(C(O)CCCN2CCC(C(O)(c3ccccc3)c3ccccc3)CC2)cc1.C[N+]1(C)CCC(OC(=O)C(O)(c2ccccc2)C2CCCC2)C1.Cl.[Br-]. The summed E-state index contributed by atoms with van der Waals surface area (Å²) in [4.78, 5) is 26.9. The molecule has 0 aromatic heterocycles. The predicted octanol–water partition coefficient (Wildman–Crippen LogP) is 5.39. The first-order valence-corrected chi connectivity index (χ1v) is 22.0. The summed E-state index contributed by atoms with van der Waals surface area (Å²) in [5, 5.41) is 43.5. The Bertz CT molecular complexity index is 1930.